The molecule has 0 bridgehead atoms. The van der Waals surface area contributed by atoms with Crippen LogP contribution in [0.5, 0.6) is 5.75 Å². The number of aromatic amines is 1. The largest absolute Gasteiger partial charge is 0.486 e. The molecule has 0 unspecified atom stereocenters. The molecule has 3 rings (SSSR count). The molecule has 0 amide bonds. The Kier molecular flexibility index (Phi) is 2.37. The predicted molar refractivity (Wildman–Crippen MR) is 66.1 cm³/mol. The van der Waals surface area contributed by atoms with Crippen LogP contribution in [0.4, 0.5) is 0 Å². The van der Waals surface area contributed by atoms with Crippen LogP contribution in [0, 0.1) is 6.92 Å². The second-order valence-electron chi connectivity index (χ2n) is 4.03. The number of H-pyrrole nitrogens is 1. The molecule has 0 fully saturated rings. The lowest BCUT2D eigenvalue weighted by Crippen LogP contribution is -1.93. The Morgan fingerprint density at radius 1 is 1.18 bits per heavy atom. The molecule has 1 aromatic carbocycles. The number of hydrogen-bond donors (Lipinski definition) is 1. The van der Waals surface area contributed by atoms with Gasteiger partial charge in [0.15, 0.2) is 0 Å². The summed E-state index contributed by atoms with van der Waals surface area (Å²) in [5.41, 5.74) is 1.12. The maximum atomic E-state index is 5.68. The van der Waals surface area contributed by atoms with Crippen LogP contribution in [0.25, 0.3) is 10.9 Å². The number of furan rings is 1. The fraction of sp³-hybridized carbons (Fsp3) is 0.143. The average molecular weight is 227 g/mol. The summed E-state index contributed by atoms with van der Waals surface area (Å²) in [7, 11) is 0. The Bertz CT molecular complexity index is 636. The molecule has 1 N–H and O–H groups in total. The van der Waals surface area contributed by atoms with E-state index < -0.39 is 0 Å². The number of fused-ring (bicyclic) bond motifs is 1. The number of nitrogens with one attached hydrogen (secondary N) is 1. The predicted octanol–water partition coefficient (Wildman–Crippen LogP) is 3.65. The lowest BCUT2D eigenvalue weighted by atomic mass is 10.2. The normalized spacial score (nSPS) is 10.9. The molecule has 2 aromatic heterocycles. The molecule has 3 aromatic rings. The molecule has 0 aliphatic carbocycles. The molecule has 0 atom stereocenters. The fourth-order valence-electron chi connectivity index (χ4n) is 1.84. The van der Waals surface area contributed by atoms with E-state index in [9.17, 15) is 0 Å². The van der Waals surface area contributed by atoms with Gasteiger partial charge in [-0.3, -0.25) is 0 Å². The Balaban J connectivity index is 1.76. The number of rotatable bonds is 3. The molecule has 0 radical (unpaired) electrons. The van der Waals surface area contributed by atoms with Crippen molar-refractivity contribution in [2.24, 2.45) is 0 Å². The fourth-order valence-corrected chi connectivity index (χ4v) is 1.84. The zero-order valence-corrected chi connectivity index (χ0v) is 9.57. The van der Waals surface area contributed by atoms with Gasteiger partial charge in [-0.05, 0) is 43.3 Å². The smallest absolute Gasteiger partial charge is 0.146 e. The van der Waals surface area contributed by atoms with Gasteiger partial charge in [0, 0.05) is 17.1 Å². The first kappa shape index (κ1) is 10.0. The molecule has 86 valence electrons. The van der Waals surface area contributed by atoms with Crippen LogP contribution < -0.4 is 4.74 Å². The third-order valence-electron chi connectivity index (χ3n) is 2.70. The van der Waals surface area contributed by atoms with E-state index in [4.69, 9.17) is 9.15 Å². The maximum Gasteiger partial charge on any atom is 0.146 e. The summed E-state index contributed by atoms with van der Waals surface area (Å²) < 4.78 is 11.1. The molecule has 0 aliphatic heterocycles. The third-order valence-corrected chi connectivity index (χ3v) is 2.70. The first-order valence-electron chi connectivity index (χ1n) is 5.56. The van der Waals surface area contributed by atoms with Crippen LogP contribution >= 0.6 is 0 Å². The molecular weight excluding hydrogens is 214 g/mol. The summed E-state index contributed by atoms with van der Waals surface area (Å²) in [5.74, 6) is 2.60. The average Bonchev–Trinajstić information content (AvgIpc) is 2.94. The second kappa shape index (κ2) is 4.01. The van der Waals surface area contributed by atoms with Crippen molar-refractivity contribution in [1.29, 1.82) is 0 Å². The standard InChI is InChI=1S/C14H13NO2/c1-10-2-3-13(17-10)9-16-12-4-5-14-11(8-12)6-7-15-14/h2-8,15H,9H2,1H3. The molecule has 0 saturated heterocycles. The third kappa shape index (κ3) is 2.04. The van der Waals surface area contributed by atoms with E-state index in [2.05, 4.69) is 4.98 Å². The number of hydrogen-bond acceptors (Lipinski definition) is 2. The van der Waals surface area contributed by atoms with Crippen LogP contribution in [0.15, 0.2) is 47.0 Å². The lowest BCUT2D eigenvalue weighted by molar-refractivity contribution is 0.268. The SMILES string of the molecule is Cc1ccc(COc2ccc3[nH]ccc3c2)o1. The van der Waals surface area contributed by atoms with Crippen molar-refractivity contribution in [3.8, 4) is 5.75 Å². The van der Waals surface area contributed by atoms with Crippen molar-refractivity contribution < 1.29 is 9.15 Å². The summed E-state index contributed by atoms with van der Waals surface area (Å²) in [6.07, 6.45) is 1.92. The molecule has 0 spiro atoms. The molecular formula is C14H13NO2. The Morgan fingerprint density at radius 2 is 2.12 bits per heavy atom. The monoisotopic (exact) mass is 227 g/mol. The van der Waals surface area contributed by atoms with Crippen LogP contribution in [-0.4, -0.2) is 4.98 Å². The van der Waals surface area contributed by atoms with Gasteiger partial charge in [-0.25, -0.2) is 0 Å². The Hall–Kier alpha value is -2.16. The highest BCUT2D eigenvalue weighted by Crippen LogP contribution is 2.20. The first-order valence-corrected chi connectivity index (χ1v) is 5.56. The highest BCUT2D eigenvalue weighted by atomic mass is 16.5. The van der Waals surface area contributed by atoms with Crippen LogP contribution in [0.2, 0.25) is 0 Å². The minimum absolute atomic E-state index is 0.462. The second-order valence-corrected chi connectivity index (χ2v) is 4.03. The van der Waals surface area contributed by atoms with Gasteiger partial charge < -0.3 is 14.1 Å². The highest BCUT2D eigenvalue weighted by molar-refractivity contribution is 5.80. The van der Waals surface area contributed by atoms with Crippen molar-refractivity contribution >= 4 is 10.9 Å². The minimum atomic E-state index is 0.462. The van der Waals surface area contributed by atoms with E-state index in [1.165, 1.54) is 0 Å². The highest BCUT2D eigenvalue weighted by Gasteiger charge is 2.01. The number of aryl methyl sites for hydroxylation is 1. The van der Waals surface area contributed by atoms with Gasteiger partial charge in [0.05, 0.1) is 0 Å². The number of aromatic nitrogens is 1. The lowest BCUT2D eigenvalue weighted by Gasteiger charge is -2.04. The van der Waals surface area contributed by atoms with Gasteiger partial charge >= 0.3 is 0 Å². The van der Waals surface area contributed by atoms with E-state index in [0.29, 0.717) is 6.61 Å². The van der Waals surface area contributed by atoms with Gasteiger partial charge in [0.25, 0.3) is 0 Å². The van der Waals surface area contributed by atoms with Crippen molar-refractivity contribution in [2.75, 3.05) is 0 Å². The van der Waals surface area contributed by atoms with E-state index in [1.807, 2.05) is 49.5 Å². The summed E-state index contributed by atoms with van der Waals surface area (Å²) in [6, 6.07) is 11.9. The Labute approximate surface area is 99.0 Å². The van der Waals surface area contributed by atoms with Crippen LogP contribution in [0.3, 0.4) is 0 Å². The summed E-state index contributed by atoms with van der Waals surface area (Å²) in [5, 5.41) is 1.15. The van der Waals surface area contributed by atoms with Crippen molar-refractivity contribution in [1.82, 2.24) is 4.98 Å². The van der Waals surface area contributed by atoms with Gasteiger partial charge in [0.2, 0.25) is 0 Å². The summed E-state index contributed by atoms with van der Waals surface area (Å²) >= 11 is 0. The van der Waals surface area contributed by atoms with Crippen LogP contribution in [-0.2, 0) is 6.61 Å². The minimum Gasteiger partial charge on any atom is -0.486 e. The maximum absolute atomic E-state index is 5.68. The van der Waals surface area contributed by atoms with E-state index in [-0.39, 0.29) is 0 Å². The molecule has 2 heterocycles. The van der Waals surface area contributed by atoms with Gasteiger partial charge in [0.1, 0.15) is 23.9 Å². The zero-order chi connectivity index (χ0) is 11.7. The van der Waals surface area contributed by atoms with Crippen molar-refractivity contribution in [3.05, 3.63) is 54.1 Å². The molecule has 3 nitrogen and oxygen atoms in total. The Morgan fingerprint density at radius 3 is 2.94 bits per heavy atom. The molecule has 0 aliphatic rings. The van der Waals surface area contributed by atoms with E-state index in [0.717, 1.165) is 28.2 Å². The molecule has 17 heavy (non-hydrogen) atoms. The van der Waals surface area contributed by atoms with Gasteiger partial charge in [-0.1, -0.05) is 0 Å². The van der Waals surface area contributed by atoms with Crippen LogP contribution in [0.1, 0.15) is 11.5 Å². The summed E-state index contributed by atoms with van der Waals surface area (Å²) in [4.78, 5) is 3.15. The van der Waals surface area contributed by atoms with Crippen molar-refractivity contribution in [2.45, 2.75) is 13.5 Å². The van der Waals surface area contributed by atoms with Gasteiger partial charge in [-0.15, -0.1) is 0 Å². The quantitative estimate of drug-likeness (QED) is 0.741. The van der Waals surface area contributed by atoms with Crippen molar-refractivity contribution in [3.63, 3.8) is 0 Å². The topological polar surface area (TPSA) is 38.2 Å². The van der Waals surface area contributed by atoms with Gasteiger partial charge in [-0.2, -0.15) is 0 Å². The molecule has 0 saturated carbocycles. The van der Waals surface area contributed by atoms with E-state index >= 15 is 0 Å². The summed E-state index contributed by atoms with van der Waals surface area (Å²) in [6.45, 7) is 2.39. The number of benzene rings is 1. The molecule has 3 heteroatoms. The number of ether oxygens (including phenoxy) is 1. The first-order chi connectivity index (χ1) is 8.31. The van der Waals surface area contributed by atoms with E-state index in [1.54, 1.807) is 0 Å². The zero-order valence-electron chi connectivity index (χ0n) is 9.57.